The molecule has 0 saturated carbocycles. The number of para-hydroxylation sites is 1. The SMILES string of the molecule is Cc1cc2oc(=O)cc(COC(=O)[C@@H](C)Oc3ccccc3)c2cc1C(C)C. The summed E-state index contributed by atoms with van der Waals surface area (Å²) in [4.78, 5) is 24.2. The Morgan fingerprint density at radius 2 is 1.79 bits per heavy atom. The average molecular weight is 380 g/mol. The van der Waals surface area contributed by atoms with Crippen LogP contribution in [0.5, 0.6) is 5.75 Å². The maximum absolute atomic E-state index is 12.3. The zero-order valence-electron chi connectivity index (χ0n) is 16.5. The molecular weight excluding hydrogens is 356 g/mol. The van der Waals surface area contributed by atoms with Gasteiger partial charge in [0.05, 0.1) is 0 Å². The molecule has 2 aromatic carbocycles. The molecule has 0 radical (unpaired) electrons. The van der Waals surface area contributed by atoms with E-state index < -0.39 is 17.7 Å². The van der Waals surface area contributed by atoms with Crippen molar-refractivity contribution < 1.29 is 18.7 Å². The minimum Gasteiger partial charge on any atom is -0.479 e. The van der Waals surface area contributed by atoms with Crippen LogP contribution < -0.4 is 10.4 Å². The van der Waals surface area contributed by atoms with Crippen LogP contribution in [0.15, 0.2) is 57.7 Å². The van der Waals surface area contributed by atoms with Crippen LogP contribution in [0.4, 0.5) is 0 Å². The fourth-order valence-electron chi connectivity index (χ4n) is 3.15. The highest BCUT2D eigenvalue weighted by atomic mass is 16.6. The van der Waals surface area contributed by atoms with Crippen LogP contribution in [0.3, 0.4) is 0 Å². The average Bonchev–Trinajstić information content (AvgIpc) is 2.65. The standard InChI is InChI=1S/C23H24O5/c1-14(2)19-12-20-17(11-22(24)28-21(20)10-15(19)3)13-26-23(25)16(4)27-18-8-6-5-7-9-18/h5-12,14,16H,13H2,1-4H3/t16-/m1/s1. The van der Waals surface area contributed by atoms with E-state index in [2.05, 4.69) is 13.8 Å². The van der Waals surface area contributed by atoms with Gasteiger partial charge in [0.2, 0.25) is 0 Å². The predicted molar refractivity (Wildman–Crippen MR) is 108 cm³/mol. The quantitative estimate of drug-likeness (QED) is 0.457. The molecule has 0 saturated heterocycles. The lowest BCUT2D eigenvalue weighted by Crippen LogP contribution is -2.26. The Labute approximate surface area is 163 Å². The maximum atomic E-state index is 12.3. The smallest absolute Gasteiger partial charge is 0.347 e. The molecule has 5 nitrogen and oxygen atoms in total. The largest absolute Gasteiger partial charge is 0.479 e. The number of carbonyl (C=O) groups is 1. The molecule has 28 heavy (non-hydrogen) atoms. The molecule has 0 amide bonds. The molecule has 0 aliphatic heterocycles. The highest BCUT2D eigenvalue weighted by Gasteiger charge is 2.18. The van der Waals surface area contributed by atoms with Gasteiger partial charge in [0.25, 0.3) is 0 Å². The summed E-state index contributed by atoms with van der Waals surface area (Å²) in [6.45, 7) is 7.81. The van der Waals surface area contributed by atoms with E-state index in [9.17, 15) is 9.59 Å². The maximum Gasteiger partial charge on any atom is 0.347 e. The third-order valence-corrected chi connectivity index (χ3v) is 4.60. The molecule has 146 valence electrons. The van der Waals surface area contributed by atoms with Gasteiger partial charge >= 0.3 is 11.6 Å². The topological polar surface area (TPSA) is 65.7 Å². The molecule has 0 bridgehead atoms. The van der Waals surface area contributed by atoms with Gasteiger partial charge in [-0.15, -0.1) is 0 Å². The molecule has 0 spiro atoms. The van der Waals surface area contributed by atoms with Crippen LogP contribution in [0, 0.1) is 6.92 Å². The Kier molecular flexibility index (Phi) is 5.83. The first-order chi connectivity index (χ1) is 13.3. The van der Waals surface area contributed by atoms with Gasteiger partial charge < -0.3 is 13.9 Å². The van der Waals surface area contributed by atoms with Crippen molar-refractivity contribution >= 4 is 16.9 Å². The first-order valence-electron chi connectivity index (χ1n) is 9.30. The lowest BCUT2D eigenvalue weighted by molar-refractivity contribution is -0.152. The van der Waals surface area contributed by atoms with Gasteiger partial charge in [0.1, 0.15) is 17.9 Å². The Hall–Kier alpha value is -3.08. The van der Waals surface area contributed by atoms with Crippen molar-refractivity contribution in [2.75, 3.05) is 0 Å². The summed E-state index contributed by atoms with van der Waals surface area (Å²) in [5.74, 6) is 0.419. The molecule has 1 atom stereocenters. The molecule has 3 aromatic rings. The summed E-state index contributed by atoms with van der Waals surface area (Å²) >= 11 is 0. The summed E-state index contributed by atoms with van der Waals surface area (Å²) in [6, 6.07) is 14.3. The zero-order valence-corrected chi connectivity index (χ0v) is 16.5. The fraction of sp³-hybridized carbons (Fsp3) is 0.304. The minimum atomic E-state index is -0.762. The molecular formula is C23H24O5. The summed E-state index contributed by atoms with van der Waals surface area (Å²) in [7, 11) is 0. The Morgan fingerprint density at radius 3 is 2.46 bits per heavy atom. The van der Waals surface area contributed by atoms with Gasteiger partial charge in [-0.05, 0) is 55.2 Å². The second kappa shape index (κ2) is 8.30. The van der Waals surface area contributed by atoms with Crippen molar-refractivity contribution in [3.63, 3.8) is 0 Å². The number of rotatable bonds is 6. The number of benzene rings is 2. The number of esters is 1. The number of aryl methyl sites for hydroxylation is 1. The van der Waals surface area contributed by atoms with Gasteiger partial charge in [0, 0.05) is 17.0 Å². The van der Waals surface area contributed by atoms with E-state index in [1.807, 2.05) is 37.3 Å². The summed E-state index contributed by atoms with van der Waals surface area (Å²) < 4.78 is 16.3. The van der Waals surface area contributed by atoms with E-state index in [-0.39, 0.29) is 6.61 Å². The van der Waals surface area contributed by atoms with E-state index in [0.29, 0.717) is 22.8 Å². The van der Waals surface area contributed by atoms with Crippen molar-refractivity contribution in [3.8, 4) is 5.75 Å². The van der Waals surface area contributed by atoms with E-state index in [1.165, 1.54) is 6.07 Å². The molecule has 0 aliphatic rings. The lowest BCUT2D eigenvalue weighted by atomic mass is 9.95. The first kappa shape index (κ1) is 19.7. The van der Waals surface area contributed by atoms with Crippen LogP contribution in [0.25, 0.3) is 11.0 Å². The number of carbonyl (C=O) groups excluding carboxylic acids is 1. The van der Waals surface area contributed by atoms with Crippen LogP contribution in [0.1, 0.15) is 43.4 Å². The van der Waals surface area contributed by atoms with E-state index in [0.717, 1.165) is 16.5 Å². The monoisotopic (exact) mass is 380 g/mol. The van der Waals surface area contributed by atoms with Crippen molar-refractivity contribution in [2.24, 2.45) is 0 Å². The van der Waals surface area contributed by atoms with Crippen molar-refractivity contribution in [1.82, 2.24) is 0 Å². The molecule has 3 rings (SSSR count). The molecule has 1 heterocycles. The van der Waals surface area contributed by atoms with E-state index in [1.54, 1.807) is 19.1 Å². The van der Waals surface area contributed by atoms with Crippen molar-refractivity contribution in [2.45, 2.75) is 46.3 Å². The molecule has 0 N–H and O–H groups in total. The van der Waals surface area contributed by atoms with E-state index >= 15 is 0 Å². The van der Waals surface area contributed by atoms with Crippen LogP contribution in [-0.2, 0) is 16.1 Å². The lowest BCUT2D eigenvalue weighted by Gasteiger charge is -2.15. The Balaban J connectivity index is 1.80. The summed E-state index contributed by atoms with van der Waals surface area (Å²) in [5, 5.41) is 0.776. The second-order valence-corrected chi connectivity index (χ2v) is 7.13. The molecule has 0 fully saturated rings. The normalized spacial score (nSPS) is 12.2. The third-order valence-electron chi connectivity index (χ3n) is 4.60. The highest BCUT2D eigenvalue weighted by Crippen LogP contribution is 2.27. The van der Waals surface area contributed by atoms with Gasteiger partial charge in [0.15, 0.2) is 6.10 Å². The predicted octanol–water partition coefficient (Wildman–Crippen LogP) is 4.74. The first-order valence-corrected chi connectivity index (χ1v) is 9.30. The van der Waals surface area contributed by atoms with Crippen LogP contribution in [0.2, 0.25) is 0 Å². The van der Waals surface area contributed by atoms with E-state index in [4.69, 9.17) is 13.9 Å². The van der Waals surface area contributed by atoms with Gasteiger partial charge in [-0.25, -0.2) is 9.59 Å². The van der Waals surface area contributed by atoms with Crippen LogP contribution in [-0.4, -0.2) is 12.1 Å². The van der Waals surface area contributed by atoms with Gasteiger partial charge in [-0.3, -0.25) is 0 Å². The Morgan fingerprint density at radius 1 is 1.07 bits per heavy atom. The Bertz CT molecular complexity index is 1030. The molecule has 1 aromatic heterocycles. The summed E-state index contributed by atoms with van der Waals surface area (Å²) in [5.41, 5.74) is 2.87. The number of ether oxygens (including phenoxy) is 2. The van der Waals surface area contributed by atoms with Gasteiger partial charge in [-0.1, -0.05) is 32.0 Å². The number of hydrogen-bond acceptors (Lipinski definition) is 5. The number of fused-ring (bicyclic) bond motifs is 1. The highest BCUT2D eigenvalue weighted by molar-refractivity contribution is 5.82. The van der Waals surface area contributed by atoms with Crippen LogP contribution >= 0.6 is 0 Å². The molecule has 0 unspecified atom stereocenters. The number of hydrogen-bond donors (Lipinski definition) is 0. The molecule has 0 aliphatic carbocycles. The zero-order chi connectivity index (χ0) is 20.3. The fourth-order valence-corrected chi connectivity index (χ4v) is 3.15. The van der Waals surface area contributed by atoms with Crippen molar-refractivity contribution in [1.29, 1.82) is 0 Å². The van der Waals surface area contributed by atoms with Crippen molar-refractivity contribution in [3.05, 3.63) is 75.6 Å². The third kappa shape index (κ3) is 4.42. The summed E-state index contributed by atoms with van der Waals surface area (Å²) in [6.07, 6.45) is -0.762. The minimum absolute atomic E-state index is 0.0238. The van der Waals surface area contributed by atoms with Gasteiger partial charge in [-0.2, -0.15) is 0 Å². The second-order valence-electron chi connectivity index (χ2n) is 7.13. The molecule has 5 heteroatoms.